The monoisotopic (exact) mass is 872 g/mol. The van der Waals surface area contributed by atoms with Crippen LogP contribution < -0.4 is 20.7 Å². The van der Waals surface area contributed by atoms with E-state index in [0.717, 1.165) is 67.2 Å². The normalized spacial score (nSPS) is 12.2. The molecule has 0 spiro atoms. The van der Waals surface area contributed by atoms with Crippen LogP contribution in [0, 0.1) is 0 Å². The highest BCUT2D eigenvalue weighted by Crippen LogP contribution is 2.35. The number of hydrogen-bond donors (Lipinski definition) is 0. The second-order valence-corrected chi connectivity index (χ2v) is 21.2. The zero-order valence-electron chi connectivity index (χ0n) is 36.3. The molecule has 7 heteroatoms. The molecule has 0 fully saturated rings. The Kier molecular flexibility index (Phi) is 8.20. The number of para-hydroxylation sites is 8. The molecule has 5 heterocycles. The predicted octanol–water partition coefficient (Wildman–Crippen LogP) is 11.4. The molecule has 14 rings (SSSR count). The second-order valence-electron chi connectivity index (χ2n) is 17.4. The van der Waals surface area contributed by atoms with E-state index in [1.165, 1.54) is 42.3 Å². The summed E-state index contributed by atoms with van der Waals surface area (Å²) >= 11 is 0. The maximum absolute atomic E-state index is 5.79. The van der Waals surface area contributed by atoms with Gasteiger partial charge in [0.1, 0.15) is 11.6 Å². The molecule has 0 aliphatic rings. The minimum absolute atomic E-state index is 0.869. The molecule has 0 amide bonds. The molecule has 67 heavy (non-hydrogen) atoms. The molecule has 0 saturated carbocycles. The van der Waals surface area contributed by atoms with Crippen molar-refractivity contribution in [3.63, 3.8) is 0 Å². The van der Waals surface area contributed by atoms with Gasteiger partial charge in [-0.1, -0.05) is 170 Å². The third-order valence-electron chi connectivity index (χ3n) is 13.9. The topological polar surface area (TPSA) is 45.0 Å². The first-order chi connectivity index (χ1) is 33.3. The number of aromatic nitrogens is 6. The molecule has 0 bridgehead atoms. The SMILES string of the molecule is c1ccc([Si](c2ccccc2)(c2cccc(-n3c4ccccc4n4c5ccccc5nc34)c2)c2cc(-n3c4ccccc4c4ccccc43)nc(-n3c4ccccc4c4ccccc43)c2)cc1. The van der Waals surface area contributed by atoms with Gasteiger partial charge in [-0.05, 0) is 93.5 Å². The molecule has 9 aromatic carbocycles. The number of pyridine rings is 1. The van der Waals surface area contributed by atoms with Crippen molar-refractivity contribution in [3.05, 3.63) is 243 Å². The van der Waals surface area contributed by atoms with Gasteiger partial charge in [0, 0.05) is 27.2 Å². The molecule has 6 nitrogen and oxygen atoms in total. The van der Waals surface area contributed by atoms with Gasteiger partial charge in [-0.25, -0.2) is 9.97 Å². The van der Waals surface area contributed by atoms with Crippen LogP contribution in [0.3, 0.4) is 0 Å². The van der Waals surface area contributed by atoms with Crippen LogP contribution in [0.5, 0.6) is 0 Å². The van der Waals surface area contributed by atoms with Crippen LogP contribution in [0.25, 0.3) is 88.8 Å². The van der Waals surface area contributed by atoms with E-state index in [2.05, 4.69) is 261 Å². The molecule has 0 N–H and O–H groups in total. The Morgan fingerprint density at radius 1 is 0.284 bits per heavy atom. The summed E-state index contributed by atoms with van der Waals surface area (Å²) in [6.45, 7) is 0. The lowest BCUT2D eigenvalue weighted by atomic mass is 10.2. The molecule has 314 valence electrons. The van der Waals surface area contributed by atoms with Crippen molar-refractivity contribution in [2.75, 3.05) is 0 Å². The van der Waals surface area contributed by atoms with Gasteiger partial charge in [0.05, 0.1) is 44.1 Å². The molecule has 0 aliphatic carbocycles. The first-order valence-corrected chi connectivity index (χ1v) is 24.8. The summed E-state index contributed by atoms with van der Waals surface area (Å²) in [7, 11) is -3.28. The molecule has 5 aromatic heterocycles. The molecule has 0 radical (unpaired) electrons. The van der Waals surface area contributed by atoms with E-state index in [0.29, 0.717) is 0 Å². The number of imidazole rings is 2. The van der Waals surface area contributed by atoms with Crippen molar-refractivity contribution in [1.29, 1.82) is 0 Å². The van der Waals surface area contributed by atoms with Gasteiger partial charge in [-0.2, -0.15) is 0 Å². The summed E-state index contributed by atoms with van der Waals surface area (Å²) in [5, 5.41) is 9.82. The number of rotatable bonds is 7. The molecular formula is C60H40N6Si. The average Bonchev–Trinajstić information content (AvgIpc) is 4.13. The van der Waals surface area contributed by atoms with Crippen LogP contribution in [0.2, 0.25) is 0 Å². The van der Waals surface area contributed by atoms with Gasteiger partial charge >= 0.3 is 0 Å². The lowest BCUT2D eigenvalue weighted by Gasteiger charge is -2.35. The van der Waals surface area contributed by atoms with E-state index in [1.54, 1.807) is 0 Å². The Labute approximate surface area is 386 Å². The van der Waals surface area contributed by atoms with Crippen molar-refractivity contribution in [2.24, 2.45) is 0 Å². The van der Waals surface area contributed by atoms with Crippen LogP contribution in [-0.2, 0) is 0 Å². The van der Waals surface area contributed by atoms with Crippen LogP contribution in [0.15, 0.2) is 243 Å². The zero-order chi connectivity index (χ0) is 44.1. The highest BCUT2D eigenvalue weighted by Gasteiger charge is 2.43. The van der Waals surface area contributed by atoms with E-state index in [4.69, 9.17) is 9.97 Å². The Balaban J connectivity index is 1.14. The van der Waals surface area contributed by atoms with Crippen molar-refractivity contribution in [3.8, 4) is 17.3 Å². The van der Waals surface area contributed by atoms with Gasteiger partial charge in [0.25, 0.3) is 0 Å². The molecule has 0 unspecified atom stereocenters. The molecule has 14 aromatic rings. The van der Waals surface area contributed by atoms with Crippen molar-refractivity contribution < 1.29 is 0 Å². The third kappa shape index (κ3) is 5.43. The molecular weight excluding hydrogens is 833 g/mol. The highest BCUT2D eigenvalue weighted by molar-refractivity contribution is 7.20. The number of hydrogen-bond acceptors (Lipinski definition) is 2. The minimum Gasteiger partial charge on any atom is -0.294 e. The van der Waals surface area contributed by atoms with Gasteiger partial charge < -0.3 is 0 Å². The van der Waals surface area contributed by atoms with Crippen molar-refractivity contribution >= 4 is 100 Å². The van der Waals surface area contributed by atoms with Crippen LogP contribution in [-0.4, -0.2) is 36.1 Å². The lowest BCUT2D eigenvalue weighted by Crippen LogP contribution is -2.75. The summed E-state index contributed by atoms with van der Waals surface area (Å²) < 4.78 is 9.40. The number of fused-ring (bicyclic) bond motifs is 11. The van der Waals surface area contributed by atoms with Gasteiger partial charge in [0.2, 0.25) is 5.78 Å². The van der Waals surface area contributed by atoms with E-state index < -0.39 is 8.07 Å². The van der Waals surface area contributed by atoms with Crippen LogP contribution in [0.4, 0.5) is 0 Å². The van der Waals surface area contributed by atoms with Gasteiger partial charge in [-0.15, -0.1) is 0 Å². The van der Waals surface area contributed by atoms with Crippen LogP contribution >= 0.6 is 0 Å². The van der Waals surface area contributed by atoms with Crippen molar-refractivity contribution in [2.45, 2.75) is 0 Å². The molecule has 0 atom stereocenters. The Morgan fingerprint density at radius 2 is 0.701 bits per heavy atom. The van der Waals surface area contributed by atoms with E-state index >= 15 is 0 Å². The largest absolute Gasteiger partial charge is 0.294 e. The highest BCUT2D eigenvalue weighted by atomic mass is 28.3. The van der Waals surface area contributed by atoms with E-state index in [9.17, 15) is 0 Å². The quantitative estimate of drug-likeness (QED) is 0.118. The Hall–Kier alpha value is -8.78. The fraction of sp³-hybridized carbons (Fsp3) is 0. The summed E-state index contributed by atoms with van der Waals surface area (Å²) in [6, 6.07) is 88.6. The predicted molar refractivity (Wildman–Crippen MR) is 280 cm³/mol. The summed E-state index contributed by atoms with van der Waals surface area (Å²) in [5.74, 6) is 2.63. The third-order valence-corrected chi connectivity index (χ3v) is 18.6. The first-order valence-electron chi connectivity index (χ1n) is 22.8. The number of benzene rings is 9. The van der Waals surface area contributed by atoms with E-state index in [1.807, 2.05) is 0 Å². The Bertz CT molecular complexity index is 3960. The standard InChI is InChI=1S/C60H40N6Si/c1-3-21-42(22-4-1)67(43-23-5-2-6-24-43,44-25-19-20-41(38-44)63-56-36-17-18-37-57(56)66-55-35-16-11-30-50(55)61-60(63)66)45-39-58(64-51-31-12-7-26-46(51)47-27-8-13-32-52(47)64)62-59(40-45)65-53-33-14-9-28-48(53)49-29-10-15-34-54(49)65/h1-40H. The van der Waals surface area contributed by atoms with Crippen molar-refractivity contribution in [1.82, 2.24) is 28.1 Å². The Morgan fingerprint density at radius 3 is 1.22 bits per heavy atom. The second kappa shape index (κ2) is 14.6. The lowest BCUT2D eigenvalue weighted by molar-refractivity contribution is 1.02. The maximum Gasteiger partial charge on any atom is 0.220 e. The van der Waals surface area contributed by atoms with Gasteiger partial charge in [0.15, 0.2) is 8.07 Å². The van der Waals surface area contributed by atoms with Gasteiger partial charge in [-0.3, -0.25) is 18.1 Å². The van der Waals surface area contributed by atoms with Crippen LogP contribution in [0.1, 0.15) is 0 Å². The summed E-state index contributed by atoms with van der Waals surface area (Å²) in [5.41, 5.74) is 9.80. The summed E-state index contributed by atoms with van der Waals surface area (Å²) in [4.78, 5) is 11.1. The zero-order valence-corrected chi connectivity index (χ0v) is 37.3. The first kappa shape index (κ1) is 37.6. The fourth-order valence-electron chi connectivity index (χ4n) is 11.1. The minimum atomic E-state index is -3.28. The maximum atomic E-state index is 5.79. The average molecular weight is 873 g/mol. The molecule has 0 aliphatic heterocycles. The fourth-order valence-corrected chi connectivity index (χ4v) is 15.9. The molecule has 0 saturated heterocycles. The number of nitrogens with zero attached hydrogens (tertiary/aromatic N) is 6. The smallest absolute Gasteiger partial charge is 0.220 e. The summed E-state index contributed by atoms with van der Waals surface area (Å²) in [6.07, 6.45) is 0. The van der Waals surface area contributed by atoms with E-state index in [-0.39, 0.29) is 0 Å².